The predicted octanol–water partition coefficient (Wildman–Crippen LogP) is 4.04. The monoisotopic (exact) mass is 503 g/mol. The van der Waals surface area contributed by atoms with Crippen LogP contribution in [0.15, 0.2) is 36.5 Å². The fraction of sp³-hybridized carbons (Fsp3) is 0.417. The Kier molecular flexibility index (Phi) is 7.82. The SMILES string of the molecule is COC1CC(C(=O)Nc2ccc(N3CCCCCC3=O)cc2F)N(C(=O)Nc2ccc(Cl)cn2)C1. The third kappa shape index (κ3) is 5.88. The van der Waals surface area contributed by atoms with E-state index >= 15 is 0 Å². The molecule has 0 radical (unpaired) electrons. The van der Waals surface area contributed by atoms with Crippen molar-refractivity contribution in [3.05, 3.63) is 47.4 Å². The Hall–Kier alpha value is -3.24. The summed E-state index contributed by atoms with van der Waals surface area (Å²) in [5.74, 6) is -0.951. The number of nitrogens with zero attached hydrogens (tertiary/aromatic N) is 3. The van der Waals surface area contributed by atoms with E-state index in [0.717, 1.165) is 19.3 Å². The lowest BCUT2D eigenvalue weighted by Gasteiger charge is -2.24. The topological polar surface area (TPSA) is 104 Å². The van der Waals surface area contributed by atoms with E-state index in [1.807, 2.05) is 0 Å². The molecular formula is C24H27ClFN5O4. The number of carbonyl (C=O) groups is 3. The molecule has 0 bridgehead atoms. The summed E-state index contributed by atoms with van der Waals surface area (Å²) in [5, 5.41) is 5.64. The van der Waals surface area contributed by atoms with E-state index in [-0.39, 0.29) is 36.5 Å². The number of hydrogen-bond donors (Lipinski definition) is 2. The molecule has 0 spiro atoms. The fourth-order valence-electron chi connectivity index (χ4n) is 4.32. The van der Waals surface area contributed by atoms with Crippen LogP contribution in [0, 0.1) is 5.82 Å². The second-order valence-corrected chi connectivity index (χ2v) is 9.00. The van der Waals surface area contributed by atoms with Crippen LogP contribution in [0.4, 0.5) is 26.4 Å². The Morgan fingerprint density at radius 2 is 2.00 bits per heavy atom. The fourth-order valence-corrected chi connectivity index (χ4v) is 4.43. The standard InChI is InChI=1S/C24H27ClFN5O4/c1-35-17-12-20(31(14-17)24(34)29-21-9-6-15(25)13-27-21)23(33)28-19-8-7-16(11-18(19)26)30-10-4-2-3-5-22(30)32/h6-9,11,13,17,20H,2-5,10,12,14H2,1H3,(H,28,33)(H,27,29,34). The number of amides is 4. The third-order valence-electron chi connectivity index (χ3n) is 6.22. The van der Waals surface area contributed by atoms with Crippen molar-refractivity contribution in [2.75, 3.05) is 35.7 Å². The third-order valence-corrected chi connectivity index (χ3v) is 6.44. The number of hydrogen-bond acceptors (Lipinski definition) is 5. The number of nitrogens with one attached hydrogen (secondary N) is 2. The highest BCUT2D eigenvalue weighted by atomic mass is 35.5. The summed E-state index contributed by atoms with van der Waals surface area (Å²) in [6, 6.07) is 6.03. The summed E-state index contributed by atoms with van der Waals surface area (Å²) >= 11 is 5.83. The van der Waals surface area contributed by atoms with Gasteiger partial charge in [-0.25, -0.2) is 14.2 Å². The smallest absolute Gasteiger partial charge is 0.323 e. The summed E-state index contributed by atoms with van der Waals surface area (Å²) in [7, 11) is 1.50. The van der Waals surface area contributed by atoms with E-state index in [1.165, 1.54) is 30.3 Å². The molecule has 2 fully saturated rings. The second-order valence-electron chi connectivity index (χ2n) is 8.56. The lowest BCUT2D eigenvalue weighted by atomic mass is 10.1. The molecule has 1 aromatic heterocycles. The van der Waals surface area contributed by atoms with E-state index in [9.17, 15) is 18.8 Å². The average molecular weight is 504 g/mol. The van der Waals surface area contributed by atoms with Gasteiger partial charge in [0.2, 0.25) is 11.8 Å². The number of urea groups is 1. The van der Waals surface area contributed by atoms with Gasteiger partial charge in [-0.1, -0.05) is 18.0 Å². The number of anilines is 3. The van der Waals surface area contributed by atoms with Crippen molar-refractivity contribution in [1.29, 1.82) is 0 Å². The molecule has 2 atom stereocenters. The lowest BCUT2D eigenvalue weighted by molar-refractivity contribution is -0.120. The summed E-state index contributed by atoms with van der Waals surface area (Å²) in [4.78, 5) is 45.2. The van der Waals surface area contributed by atoms with Crippen LogP contribution in [-0.2, 0) is 14.3 Å². The van der Waals surface area contributed by atoms with Crippen molar-refractivity contribution < 1.29 is 23.5 Å². The van der Waals surface area contributed by atoms with E-state index in [0.29, 0.717) is 23.7 Å². The van der Waals surface area contributed by atoms with Crippen LogP contribution >= 0.6 is 11.6 Å². The van der Waals surface area contributed by atoms with Crippen LogP contribution in [0.5, 0.6) is 0 Å². The molecule has 2 unspecified atom stereocenters. The normalized spacial score (nSPS) is 20.5. The number of ether oxygens (including phenoxy) is 1. The quantitative estimate of drug-likeness (QED) is 0.641. The molecule has 2 saturated heterocycles. The van der Waals surface area contributed by atoms with Crippen molar-refractivity contribution >= 4 is 46.6 Å². The van der Waals surface area contributed by atoms with Crippen LogP contribution in [0.1, 0.15) is 32.1 Å². The number of rotatable bonds is 5. The van der Waals surface area contributed by atoms with Gasteiger partial charge in [-0.05, 0) is 43.2 Å². The predicted molar refractivity (Wildman–Crippen MR) is 130 cm³/mol. The number of pyridine rings is 1. The molecule has 0 aliphatic carbocycles. The number of likely N-dealkylation sites (tertiary alicyclic amines) is 1. The maximum absolute atomic E-state index is 14.9. The highest BCUT2D eigenvalue weighted by molar-refractivity contribution is 6.30. The van der Waals surface area contributed by atoms with Gasteiger partial charge in [0.1, 0.15) is 17.7 Å². The Morgan fingerprint density at radius 1 is 1.17 bits per heavy atom. The van der Waals surface area contributed by atoms with Crippen molar-refractivity contribution in [3.63, 3.8) is 0 Å². The summed E-state index contributed by atoms with van der Waals surface area (Å²) in [5.41, 5.74) is 0.436. The van der Waals surface area contributed by atoms with Crippen LogP contribution in [0.25, 0.3) is 0 Å². The van der Waals surface area contributed by atoms with Gasteiger partial charge in [-0.3, -0.25) is 14.9 Å². The van der Waals surface area contributed by atoms with Crippen molar-refractivity contribution in [2.45, 2.75) is 44.2 Å². The Bertz CT molecular complexity index is 1100. The van der Waals surface area contributed by atoms with Gasteiger partial charge in [0.05, 0.1) is 16.8 Å². The highest BCUT2D eigenvalue weighted by Gasteiger charge is 2.40. The first kappa shape index (κ1) is 24.9. The zero-order chi connectivity index (χ0) is 24.9. The van der Waals surface area contributed by atoms with Crippen LogP contribution in [0.3, 0.4) is 0 Å². The molecular weight excluding hydrogens is 477 g/mol. The van der Waals surface area contributed by atoms with E-state index in [2.05, 4.69) is 15.6 Å². The van der Waals surface area contributed by atoms with Gasteiger partial charge in [0, 0.05) is 44.9 Å². The molecule has 2 aliphatic heterocycles. The molecule has 0 saturated carbocycles. The van der Waals surface area contributed by atoms with Gasteiger partial charge in [0.25, 0.3) is 0 Å². The first-order chi connectivity index (χ1) is 16.9. The molecule has 3 heterocycles. The number of methoxy groups -OCH3 is 1. The summed E-state index contributed by atoms with van der Waals surface area (Å²) in [6.45, 7) is 0.726. The molecule has 1 aromatic carbocycles. The number of aromatic nitrogens is 1. The van der Waals surface area contributed by atoms with Gasteiger partial charge in [-0.15, -0.1) is 0 Å². The Labute approximate surface area is 207 Å². The van der Waals surface area contributed by atoms with Gasteiger partial charge in [-0.2, -0.15) is 0 Å². The van der Waals surface area contributed by atoms with Gasteiger partial charge >= 0.3 is 6.03 Å². The van der Waals surface area contributed by atoms with E-state index in [1.54, 1.807) is 23.1 Å². The zero-order valence-electron chi connectivity index (χ0n) is 19.3. The second kappa shape index (κ2) is 11.0. The maximum Gasteiger partial charge on any atom is 0.323 e. The molecule has 4 rings (SSSR count). The van der Waals surface area contributed by atoms with Gasteiger partial charge in [0.15, 0.2) is 0 Å². The minimum absolute atomic E-state index is 0.0263. The number of halogens is 2. The Morgan fingerprint density at radius 3 is 2.71 bits per heavy atom. The first-order valence-corrected chi connectivity index (χ1v) is 11.9. The molecule has 186 valence electrons. The number of carbonyl (C=O) groups excluding carboxylic acids is 3. The highest BCUT2D eigenvalue weighted by Crippen LogP contribution is 2.27. The largest absolute Gasteiger partial charge is 0.380 e. The summed E-state index contributed by atoms with van der Waals surface area (Å²) < 4.78 is 20.3. The molecule has 11 heteroatoms. The van der Waals surface area contributed by atoms with Crippen LogP contribution < -0.4 is 15.5 Å². The molecule has 2 aromatic rings. The molecule has 9 nitrogen and oxygen atoms in total. The van der Waals surface area contributed by atoms with E-state index < -0.39 is 23.8 Å². The average Bonchev–Trinajstić information content (AvgIpc) is 3.18. The maximum atomic E-state index is 14.9. The summed E-state index contributed by atoms with van der Waals surface area (Å²) in [6.07, 6.45) is 4.38. The van der Waals surface area contributed by atoms with Crippen molar-refractivity contribution in [2.24, 2.45) is 0 Å². The molecule has 35 heavy (non-hydrogen) atoms. The van der Waals surface area contributed by atoms with Crippen molar-refractivity contribution in [1.82, 2.24) is 9.88 Å². The molecule has 2 aliphatic rings. The minimum Gasteiger partial charge on any atom is -0.380 e. The van der Waals surface area contributed by atoms with Crippen LogP contribution in [0.2, 0.25) is 5.02 Å². The van der Waals surface area contributed by atoms with Crippen LogP contribution in [-0.4, -0.2) is 60.1 Å². The number of benzene rings is 1. The lowest BCUT2D eigenvalue weighted by Crippen LogP contribution is -2.45. The molecule has 4 amide bonds. The minimum atomic E-state index is -0.876. The van der Waals surface area contributed by atoms with E-state index in [4.69, 9.17) is 16.3 Å². The van der Waals surface area contributed by atoms with Gasteiger partial charge < -0.3 is 19.9 Å². The molecule has 2 N–H and O–H groups in total. The first-order valence-electron chi connectivity index (χ1n) is 11.5. The van der Waals surface area contributed by atoms with Crippen molar-refractivity contribution in [3.8, 4) is 0 Å². The zero-order valence-corrected chi connectivity index (χ0v) is 20.1. The Balaban J connectivity index is 1.46.